The van der Waals surface area contributed by atoms with Crippen LogP contribution in [0.25, 0.3) is 0 Å². The van der Waals surface area contributed by atoms with Gasteiger partial charge >= 0.3 is 0 Å². The topological polar surface area (TPSA) is 35.2 Å². The Morgan fingerprint density at radius 1 is 1.31 bits per heavy atom. The molecule has 1 aromatic rings. The smallest absolute Gasteiger partial charge is 0.157 e. The van der Waals surface area contributed by atoms with Crippen LogP contribution >= 0.6 is 23.2 Å². The summed E-state index contributed by atoms with van der Waals surface area (Å²) in [5, 5.41) is 1.04. The molecule has 0 spiro atoms. The van der Waals surface area contributed by atoms with Crippen molar-refractivity contribution in [1.82, 2.24) is 0 Å². The molecule has 90 valence electrons. The van der Waals surface area contributed by atoms with Gasteiger partial charge in [-0.2, -0.15) is 0 Å². The van der Waals surface area contributed by atoms with Crippen LogP contribution in [0.3, 0.4) is 0 Å². The fraction of sp³-hybridized carbons (Fsp3) is 0.500. The van der Waals surface area contributed by atoms with Gasteiger partial charge in [-0.25, -0.2) is 0 Å². The van der Waals surface area contributed by atoms with Crippen molar-refractivity contribution in [2.45, 2.75) is 38.8 Å². The van der Waals surface area contributed by atoms with Crippen molar-refractivity contribution in [3.8, 4) is 5.75 Å². The molecule has 0 heterocycles. The maximum atomic E-state index is 6.03. The van der Waals surface area contributed by atoms with Gasteiger partial charge in [-0.3, -0.25) is 0 Å². The molecule has 0 aliphatic heterocycles. The largest absolute Gasteiger partial charge is 0.485 e. The number of hydrogen-bond donors (Lipinski definition) is 1. The molecule has 16 heavy (non-hydrogen) atoms. The van der Waals surface area contributed by atoms with Crippen molar-refractivity contribution in [1.29, 1.82) is 0 Å². The Morgan fingerprint density at radius 3 is 2.25 bits per heavy atom. The monoisotopic (exact) mass is 261 g/mol. The summed E-state index contributed by atoms with van der Waals surface area (Å²) in [4.78, 5) is 0. The molecule has 2 nitrogen and oxygen atoms in total. The Bertz CT molecular complexity index is 344. The number of nitrogens with two attached hydrogens (primary N) is 1. The van der Waals surface area contributed by atoms with Gasteiger partial charge in [0.2, 0.25) is 0 Å². The summed E-state index contributed by atoms with van der Waals surface area (Å²) in [6.45, 7) is 5.88. The van der Waals surface area contributed by atoms with Crippen LogP contribution in [-0.4, -0.2) is 11.6 Å². The molecular formula is C12H17Cl2NO. The van der Waals surface area contributed by atoms with E-state index < -0.39 is 0 Å². The van der Waals surface area contributed by atoms with E-state index in [9.17, 15) is 0 Å². The Balaban J connectivity index is 2.87. The number of halogens is 2. The van der Waals surface area contributed by atoms with E-state index in [-0.39, 0.29) is 11.6 Å². The van der Waals surface area contributed by atoms with Gasteiger partial charge < -0.3 is 10.5 Å². The minimum absolute atomic E-state index is 0.0660. The summed E-state index contributed by atoms with van der Waals surface area (Å²) in [5.41, 5.74) is 5.38. The average molecular weight is 262 g/mol. The molecule has 0 saturated heterocycles. The Kier molecular flexibility index (Phi) is 4.48. The lowest BCUT2D eigenvalue weighted by Gasteiger charge is -2.29. The van der Waals surface area contributed by atoms with Crippen LogP contribution in [0.4, 0.5) is 0 Å². The highest BCUT2D eigenvalue weighted by molar-refractivity contribution is 6.37. The van der Waals surface area contributed by atoms with Crippen molar-refractivity contribution >= 4 is 23.2 Å². The molecule has 1 atom stereocenters. The molecule has 2 N–H and O–H groups in total. The predicted molar refractivity (Wildman–Crippen MR) is 69.4 cm³/mol. The normalized spacial score (nSPS) is 13.6. The fourth-order valence-electron chi connectivity index (χ4n) is 1.67. The van der Waals surface area contributed by atoms with Crippen molar-refractivity contribution in [2.75, 3.05) is 0 Å². The van der Waals surface area contributed by atoms with Crippen LogP contribution in [0.1, 0.15) is 27.2 Å². The zero-order chi connectivity index (χ0) is 12.3. The maximum absolute atomic E-state index is 6.03. The van der Waals surface area contributed by atoms with Crippen LogP contribution < -0.4 is 10.5 Å². The van der Waals surface area contributed by atoms with E-state index in [1.54, 1.807) is 18.2 Å². The van der Waals surface area contributed by atoms with Gasteiger partial charge in [0, 0.05) is 12.5 Å². The standard InChI is InChI=1S/C12H17Cl2NO/c1-8(15)7-12(2,3)16-11-9(13)5-4-6-10(11)14/h4-6,8H,7,15H2,1-3H3. The highest BCUT2D eigenvalue weighted by Crippen LogP contribution is 2.35. The fourth-order valence-corrected chi connectivity index (χ4v) is 2.15. The van der Waals surface area contributed by atoms with Crippen LogP contribution in [0, 0.1) is 0 Å². The number of ether oxygens (including phenoxy) is 1. The Morgan fingerprint density at radius 2 is 1.81 bits per heavy atom. The van der Waals surface area contributed by atoms with Crippen LogP contribution in [-0.2, 0) is 0 Å². The maximum Gasteiger partial charge on any atom is 0.157 e. The van der Waals surface area contributed by atoms with Crippen LogP contribution in [0.2, 0.25) is 10.0 Å². The first-order valence-corrected chi connectivity index (χ1v) is 5.96. The molecule has 0 amide bonds. The summed E-state index contributed by atoms with van der Waals surface area (Å²) in [6.07, 6.45) is 0.731. The highest BCUT2D eigenvalue weighted by Gasteiger charge is 2.23. The molecule has 4 heteroatoms. The summed E-state index contributed by atoms with van der Waals surface area (Å²) in [5.74, 6) is 0.525. The van der Waals surface area contributed by atoms with E-state index in [4.69, 9.17) is 33.7 Å². The first-order valence-electron chi connectivity index (χ1n) is 5.20. The van der Waals surface area contributed by atoms with Crippen molar-refractivity contribution in [3.05, 3.63) is 28.2 Å². The van der Waals surface area contributed by atoms with Crippen LogP contribution in [0.5, 0.6) is 5.75 Å². The first-order chi connectivity index (χ1) is 7.32. The van der Waals surface area contributed by atoms with Crippen LogP contribution in [0.15, 0.2) is 18.2 Å². The highest BCUT2D eigenvalue weighted by atomic mass is 35.5. The lowest BCUT2D eigenvalue weighted by Crippen LogP contribution is -2.35. The second-order valence-electron chi connectivity index (χ2n) is 4.59. The average Bonchev–Trinajstić information content (AvgIpc) is 2.09. The minimum Gasteiger partial charge on any atom is -0.485 e. The third-order valence-electron chi connectivity index (χ3n) is 2.11. The lowest BCUT2D eigenvalue weighted by molar-refractivity contribution is 0.0935. The van der Waals surface area contributed by atoms with Gasteiger partial charge in [0.25, 0.3) is 0 Å². The van der Waals surface area contributed by atoms with Gasteiger partial charge in [0.15, 0.2) is 5.75 Å². The first kappa shape index (κ1) is 13.6. The third kappa shape index (κ3) is 3.85. The lowest BCUT2D eigenvalue weighted by atomic mass is 10.0. The zero-order valence-electron chi connectivity index (χ0n) is 9.76. The molecule has 0 aromatic heterocycles. The Hall–Kier alpha value is -0.440. The van der Waals surface area contributed by atoms with Gasteiger partial charge in [-0.05, 0) is 32.9 Å². The van der Waals surface area contributed by atoms with Gasteiger partial charge in [-0.15, -0.1) is 0 Å². The molecule has 0 fully saturated rings. The predicted octanol–water partition coefficient (Wildman–Crippen LogP) is 3.89. The van der Waals surface area contributed by atoms with Crippen molar-refractivity contribution < 1.29 is 4.74 Å². The number of rotatable bonds is 4. The molecule has 0 saturated carbocycles. The van der Waals surface area contributed by atoms with Crippen molar-refractivity contribution in [3.63, 3.8) is 0 Å². The second kappa shape index (κ2) is 5.26. The van der Waals surface area contributed by atoms with Crippen molar-refractivity contribution in [2.24, 2.45) is 5.73 Å². The quantitative estimate of drug-likeness (QED) is 0.893. The molecular weight excluding hydrogens is 245 g/mol. The summed E-state index contributed by atoms with van der Waals surface area (Å²) < 4.78 is 5.83. The molecule has 0 radical (unpaired) electrons. The molecule has 1 aromatic carbocycles. The number of benzene rings is 1. The molecule has 0 bridgehead atoms. The van der Waals surface area contributed by atoms with Gasteiger partial charge in [0.1, 0.15) is 5.60 Å². The van der Waals surface area contributed by atoms with E-state index >= 15 is 0 Å². The summed E-state index contributed by atoms with van der Waals surface area (Å²) >= 11 is 12.1. The van der Waals surface area contributed by atoms with E-state index in [0.717, 1.165) is 6.42 Å². The summed E-state index contributed by atoms with van der Waals surface area (Å²) in [6, 6.07) is 5.36. The van der Waals surface area contributed by atoms with E-state index in [0.29, 0.717) is 15.8 Å². The number of para-hydroxylation sites is 1. The molecule has 1 unspecified atom stereocenters. The molecule has 0 aliphatic carbocycles. The van der Waals surface area contributed by atoms with E-state index in [2.05, 4.69) is 0 Å². The zero-order valence-corrected chi connectivity index (χ0v) is 11.3. The van der Waals surface area contributed by atoms with Gasteiger partial charge in [0.05, 0.1) is 10.0 Å². The minimum atomic E-state index is -0.386. The second-order valence-corrected chi connectivity index (χ2v) is 5.41. The third-order valence-corrected chi connectivity index (χ3v) is 2.71. The molecule has 1 rings (SSSR count). The Labute approximate surface area is 107 Å². The SMILES string of the molecule is CC(N)CC(C)(C)Oc1c(Cl)cccc1Cl. The van der Waals surface area contributed by atoms with E-state index in [1.165, 1.54) is 0 Å². The van der Waals surface area contributed by atoms with Gasteiger partial charge in [-0.1, -0.05) is 29.3 Å². The summed E-state index contributed by atoms with van der Waals surface area (Å²) in [7, 11) is 0. The molecule has 0 aliphatic rings. The van der Waals surface area contributed by atoms with E-state index in [1.807, 2.05) is 20.8 Å². The number of hydrogen-bond acceptors (Lipinski definition) is 2.